The van der Waals surface area contributed by atoms with E-state index in [0.29, 0.717) is 23.2 Å². The van der Waals surface area contributed by atoms with E-state index in [1.807, 2.05) is 6.07 Å². The van der Waals surface area contributed by atoms with E-state index in [2.05, 4.69) is 4.98 Å². The van der Waals surface area contributed by atoms with Crippen LogP contribution in [0.4, 0.5) is 8.78 Å². The maximum Gasteiger partial charge on any atom is 0.266 e. The molecule has 0 spiro atoms. The van der Waals surface area contributed by atoms with Gasteiger partial charge in [-0.25, -0.2) is 8.78 Å². The highest BCUT2D eigenvalue weighted by molar-refractivity contribution is 5.76. The maximum atomic E-state index is 13.4. The third-order valence-corrected chi connectivity index (χ3v) is 4.91. The lowest BCUT2D eigenvalue weighted by Gasteiger charge is -2.26. The number of nitriles is 1. The summed E-state index contributed by atoms with van der Waals surface area (Å²) >= 11 is 0. The molecule has 0 aliphatic rings. The minimum atomic E-state index is -0.955. The van der Waals surface area contributed by atoms with Gasteiger partial charge >= 0.3 is 0 Å². The Labute approximate surface area is 156 Å². The van der Waals surface area contributed by atoms with E-state index in [1.54, 1.807) is 27.8 Å². The molecule has 2 rings (SSSR count). The highest BCUT2D eigenvalue weighted by Crippen LogP contribution is 2.22. The molecule has 1 N–H and O–H groups in total. The number of H-pyrrole nitrogens is 1. The molecule has 0 fully saturated rings. The molecule has 0 aliphatic heterocycles. The van der Waals surface area contributed by atoms with Crippen molar-refractivity contribution in [1.29, 1.82) is 5.26 Å². The van der Waals surface area contributed by atoms with Crippen molar-refractivity contribution in [3.8, 4) is 6.07 Å². The van der Waals surface area contributed by atoms with Gasteiger partial charge in [0.1, 0.15) is 11.6 Å². The van der Waals surface area contributed by atoms with Gasteiger partial charge in [0.15, 0.2) is 11.6 Å². The van der Waals surface area contributed by atoms with Crippen molar-refractivity contribution in [3.05, 3.63) is 68.1 Å². The lowest BCUT2D eigenvalue weighted by molar-refractivity contribution is -0.131. The zero-order valence-electron chi connectivity index (χ0n) is 15.7. The standard InChI is InChI=1S/C20H21F2N3O2/c1-11-15(12(2)24-20(27)16(11)10-23)6-8-19(26)25(4)13(3)14-5-7-17(21)18(22)9-14/h5,7,9,13H,6,8H2,1-4H3,(H,24,27). The lowest BCUT2D eigenvalue weighted by atomic mass is 9.98. The van der Waals surface area contributed by atoms with Gasteiger partial charge < -0.3 is 9.88 Å². The summed E-state index contributed by atoms with van der Waals surface area (Å²) in [5.74, 6) is -2.07. The molecule has 0 bridgehead atoms. The molecule has 1 atom stereocenters. The van der Waals surface area contributed by atoms with Crippen LogP contribution in [0.5, 0.6) is 0 Å². The van der Waals surface area contributed by atoms with Crippen LogP contribution >= 0.6 is 0 Å². The highest BCUT2D eigenvalue weighted by atomic mass is 19.2. The molecule has 0 saturated carbocycles. The van der Waals surface area contributed by atoms with Gasteiger partial charge in [0.05, 0.1) is 6.04 Å². The number of nitrogens with one attached hydrogen (secondary N) is 1. The minimum absolute atomic E-state index is 0.0477. The number of nitrogens with zero attached hydrogens (tertiary/aromatic N) is 2. The van der Waals surface area contributed by atoms with Gasteiger partial charge in [-0.15, -0.1) is 0 Å². The smallest absolute Gasteiger partial charge is 0.266 e. The number of pyridine rings is 1. The highest BCUT2D eigenvalue weighted by Gasteiger charge is 2.20. The topological polar surface area (TPSA) is 77.0 Å². The molecule has 0 radical (unpaired) electrons. The molecule has 0 saturated heterocycles. The number of rotatable bonds is 5. The number of aryl methyl sites for hydroxylation is 1. The second-order valence-corrected chi connectivity index (χ2v) is 6.52. The fourth-order valence-corrected chi connectivity index (χ4v) is 3.04. The quantitative estimate of drug-likeness (QED) is 0.874. The molecule has 5 nitrogen and oxygen atoms in total. The summed E-state index contributed by atoms with van der Waals surface area (Å²) in [6, 6.07) is 5.02. The largest absolute Gasteiger partial charge is 0.339 e. The first-order valence-electron chi connectivity index (χ1n) is 8.50. The maximum absolute atomic E-state index is 13.4. The number of benzene rings is 1. The Kier molecular flexibility index (Phi) is 6.11. The number of hydrogen-bond donors (Lipinski definition) is 1. The molecule has 1 amide bonds. The van der Waals surface area contributed by atoms with Crippen molar-refractivity contribution in [2.45, 2.75) is 39.7 Å². The van der Waals surface area contributed by atoms with Crippen LogP contribution in [0.25, 0.3) is 0 Å². The summed E-state index contributed by atoms with van der Waals surface area (Å²) in [5, 5.41) is 9.12. The average Bonchev–Trinajstić information content (AvgIpc) is 2.62. The molecular formula is C20H21F2N3O2. The number of amides is 1. The third-order valence-electron chi connectivity index (χ3n) is 4.91. The molecule has 2 aromatic rings. The molecule has 1 aromatic carbocycles. The molecule has 0 aliphatic carbocycles. The van der Waals surface area contributed by atoms with E-state index in [9.17, 15) is 18.4 Å². The number of carbonyl (C=O) groups is 1. The predicted molar refractivity (Wildman–Crippen MR) is 97.1 cm³/mol. The Hall–Kier alpha value is -3.01. The van der Waals surface area contributed by atoms with Gasteiger partial charge in [0.25, 0.3) is 5.56 Å². The van der Waals surface area contributed by atoms with E-state index in [1.165, 1.54) is 11.0 Å². The Morgan fingerprint density at radius 2 is 1.96 bits per heavy atom. The molecular weight excluding hydrogens is 352 g/mol. The minimum Gasteiger partial charge on any atom is -0.339 e. The number of hydrogen-bond acceptors (Lipinski definition) is 3. The van der Waals surface area contributed by atoms with Crippen molar-refractivity contribution in [1.82, 2.24) is 9.88 Å². The first-order valence-corrected chi connectivity index (χ1v) is 8.50. The van der Waals surface area contributed by atoms with Crippen LogP contribution in [0, 0.1) is 36.8 Å². The van der Waals surface area contributed by atoms with E-state index in [4.69, 9.17) is 5.26 Å². The van der Waals surface area contributed by atoms with Crippen LogP contribution in [0.1, 0.15) is 47.3 Å². The lowest BCUT2D eigenvalue weighted by Crippen LogP contribution is -2.30. The molecule has 1 unspecified atom stereocenters. The van der Waals surface area contributed by atoms with Crippen molar-refractivity contribution >= 4 is 5.91 Å². The van der Waals surface area contributed by atoms with Gasteiger partial charge in [-0.1, -0.05) is 6.07 Å². The Bertz CT molecular complexity index is 976. The summed E-state index contributed by atoms with van der Waals surface area (Å²) < 4.78 is 26.5. The monoisotopic (exact) mass is 373 g/mol. The Balaban J connectivity index is 2.15. The van der Waals surface area contributed by atoms with Gasteiger partial charge in [0.2, 0.25) is 5.91 Å². The van der Waals surface area contributed by atoms with Crippen molar-refractivity contribution < 1.29 is 13.6 Å². The van der Waals surface area contributed by atoms with Gasteiger partial charge in [0, 0.05) is 19.2 Å². The first-order chi connectivity index (χ1) is 12.7. The fraction of sp³-hybridized carbons (Fsp3) is 0.350. The molecule has 142 valence electrons. The fourth-order valence-electron chi connectivity index (χ4n) is 3.04. The normalized spacial score (nSPS) is 11.7. The van der Waals surface area contributed by atoms with Crippen molar-refractivity contribution in [2.24, 2.45) is 0 Å². The number of aromatic amines is 1. The first kappa shape index (κ1) is 20.3. The molecule has 7 heteroatoms. The van der Waals surface area contributed by atoms with Gasteiger partial charge in [-0.3, -0.25) is 9.59 Å². The zero-order valence-corrected chi connectivity index (χ0v) is 15.7. The number of aromatic nitrogens is 1. The van der Waals surface area contributed by atoms with E-state index >= 15 is 0 Å². The summed E-state index contributed by atoms with van der Waals surface area (Å²) in [4.78, 5) is 28.4. The van der Waals surface area contributed by atoms with Crippen LogP contribution in [0.2, 0.25) is 0 Å². The van der Waals surface area contributed by atoms with Crippen LogP contribution in [-0.2, 0) is 11.2 Å². The average molecular weight is 373 g/mol. The van der Waals surface area contributed by atoms with E-state index in [-0.39, 0.29) is 17.9 Å². The molecule has 27 heavy (non-hydrogen) atoms. The second-order valence-electron chi connectivity index (χ2n) is 6.52. The van der Waals surface area contributed by atoms with Crippen LogP contribution in [0.15, 0.2) is 23.0 Å². The van der Waals surface area contributed by atoms with Crippen LogP contribution < -0.4 is 5.56 Å². The van der Waals surface area contributed by atoms with E-state index < -0.39 is 23.2 Å². The number of carbonyl (C=O) groups excluding carboxylic acids is 1. The van der Waals surface area contributed by atoms with Gasteiger partial charge in [-0.2, -0.15) is 5.26 Å². The summed E-state index contributed by atoms with van der Waals surface area (Å²) in [6.45, 7) is 5.14. The SMILES string of the molecule is Cc1[nH]c(=O)c(C#N)c(C)c1CCC(=O)N(C)C(C)c1ccc(F)c(F)c1. The van der Waals surface area contributed by atoms with Crippen LogP contribution in [-0.4, -0.2) is 22.8 Å². The van der Waals surface area contributed by atoms with Crippen LogP contribution in [0.3, 0.4) is 0 Å². The van der Waals surface area contributed by atoms with E-state index in [0.717, 1.165) is 17.7 Å². The van der Waals surface area contributed by atoms with Gasteiger partial charge in [-0.05, 0) is 56.0 Å². The number of halogens is 2. The summed E-state index contributed by atoms with van der Waals surface area (Å²) in [5.41, 5.74) is 2.06. The molecule has 1 heterocycles. The molecule has 1 aromatic heterocycles. The summed E-state index contributed by atoms with van der Waals surface area (Å²) in [6.07, 6.45) is 0.514. The van der Waals surface area contributed by atoms with Crippen molar-refractivity contribution in [3.63, 3.8) is 0 Å². The zero-order chi connectivity index (χ0) is 20.3. The summed E-state index contributed by atoms with van der Waals surface area (Å²) in [7, 11) is 1.60. The predicted octanol–water partition coefficient (Wildman–Crippen LogP) is 3.29. The third kappa shape index (κ3) is 4.22. The van der Waals surface area contributed by atoms with Crippen molar-refractivity contribution in [2.75, 3.05) is 7.05 Å². The Morgan fingerprint density at radius 1 is 1.30 bits per heavy atom. The second kappa shape index (κ2) is 8.12. The Morgan fingerprint density at radius 3 is 2.56 bits per heavy atom.